The number of piperazine rings is 1. The zero-order valence-electron chi connectivity index (χ0n) is 17.5. The predicted octanol–water partition coefficient (Wildman–Crippen LogP) is 0.735. The topological polar surface area (TPSA) is 73.9 Å². The van der Waals surface area contributed by atoms with Crippen LogP contribution in [-0.4, -0.2) is 85.2 Å². The fraction of sp³-hybridized carbons (Fsp3) is 0.909. The first kappa shape index (κ1) is 19.8. The minimum atomic E-state index is 0.0204. The summed E-state index contributed by atoms with van der Waals surface area (Å²) in [4.78, 5) is 29.4. The summed E-state index contributed by atoms with van der Waals surface area (Å²) in [6.07, 6.45) is 9.34. The van der Waals surface area contributed by atoms with Gasteiger partial charge in [-0.25, -0.2) is 0 Å². The molecule has 0 aromatic rings. The molecule has 0 spiro atoms. The molecule has 5 rings (SSSR count). The van der Waals surface area contributed by atoms with E-state index >= 15 is 0 Å². The van der Waals surface area contributed by atoms with Crippen molar-refractivity contribution in [2.24, 2.45) is 11.8 Å². The zero-order valence-corrected chi connectivity index (χ0v) is 17.5. The number of carbonyl (C=O) groups excluding carboxylic acids is 2. The van der Waals surface area contributed by atoms with Crippen molar-refractivity contribution in [1.82, 2.24) is 20.4 Å². The first-order chi connectivity index (χ1) is 14.2. The molecule has 4 saturated heterocycles. The van der Waals surface area contributed by atoms with Crippen LogP contribution in [0.1, 0.15) is 51.4 Å². The molecule has 4 atom stereocenters. The molecule has 0 aromatic heterocycles. The minimum absolute atomic E-state index is 0.0204. The number of fused-ring (bicyclic) bond motifs is 1. The maximum Gasteiger partial charge on any atom is 0.239 e. The van der Waals surface area contributed by atoms with Gasteiger partial charge in [-0.15, -0.1) is 0 Å². The van der Waals surface area contributed by atoms with E-state index in [1.807, 2.05) is 9.80 Å². The van der Waals surface area contributed by atoms with Crippen LogP contribution in [0.2, 0.25) is 0 Å². The van der Waals surface area contributed by atoms with Crippen LogP contribution in [0.15, 0.2) is 0 Å². The standard InChI is InChI=1S/C22H36N4O3/c27-21(25-10-12-26(13-11-25)22(28)19-7-9-23-19)16-3-1-15(2-4-16)17-5-6-20-18(24-17)8-14-29-20/h15-20,23-24H,1-14H2. The summed E-state index contributed by atoms with van der Waals surface area (Å²) < 4.78 is 5.81. The van der Waals surface area contributed by atoms with Crippen LogP contribution in [0.3, 0.4) is 0 Å². The molecule has 4 unspecified atom stereocenters. The highest BCUT2D eigenvalue weighted by atomic mass is 16.5. The summed E-state index contributed by atoms with van der Waals surface area (Å²) in [5.41, 5.74) is 0. The zero-order chi connectivity index (χ0) is 19.8. The molecule has 7 heteroatoms. The van der Waals surface area contributed by atoms with Crippen molar-refractivity contribution in [3.05, 3.63) is 0 Å². The lowest BCUT2D eigenvalue weighted by Crippen LogP contribution is -2.59. The lowest BCUT2D eigenvalue weighted by atomic mass is 9.75. The van der Waals surface area contributed by atoms with Crippen LogP contribution in [0.4, 0.5) is 0 Å². The number of nitrogens with one attached hydrogen (secondary N) is 2. The Kier molecular flexibility index (Phi) is 5.80. The Hall–Kier alpha value is -1.18. The number of hydrogen-bond donors (Lipinski definition) is 2. The summed E-state index contributed by atoms with van der Waals surface area (Å²) in [6.45, 7) is 4.63. The average molecular weight is 405 g/mol. The van der Waals surface area contributed by atoms with E-state index in [9.17, 15) is 9.59 Å². The van der Waals surface area contributed by atoms with Gasteiger partial charge in [0.15, 0.2) is 0 Å². The molecule has 4 aliphatic heterocycles. The molecular weight excluding hydrogens is 368 g/mol. The van der Waals surface area contributed by atoms with E-state index < -0.39 is 0 Å². The van der Waals surface area contributed by atoms with E-state index in [-0.39, 0.29) is 17.9 Å². The molecule has 0 bridgehead atoms. The number of ether oxygens (including phenoxy) is 1. The summed E-state index contributed by atoms with van der Waals surface area (Å²) >= 11 is 0. The monoisotopic (exact) mass is 404 g/mol. The number of amides is 2. The molecule has 5 fully saturated rings. The Balaban J connectivity index is 1.06. The molecule has 0 radical (unpaired) electrons. The third-order valence-corrected chi connectivity index (χ3v) is 8.11. The Morgan fingerprint density at radius 2 is 1.45 bits per heavy atom. The van der Waals surface area contributed by atoms with Crippen LogP contribution >= 0.6 is 0 Å². The number of rotatable bonds is 3. The SMILES string of the molecule is O=C(C1CCC(C2CCC3OCCC3N2)CC1)N1CCN(C(=O)C2CCN2)CC1. The third-order valence-electron chi connectivity index (χ3n) is 8.11. The Morgan fingerprint density at radius 1 is 0.759 bits per heavy atom. The Labute approximate surface area is 173 Å². The molecule has 0 aromatic carbocycles. The molecule has 5 aliphatic rings. The normalized spacial score (nSPS) is 40.3. The van der Waals surface area contributed by atoms with E-state index in [2.05, 4.69) is 10.6 Å². The van der Waals surface area contributed by atoms with Crippen molar-refractivity contribution in [1.29, 1.82) is 0 Å². The minimum Gasteiger partial charge on any atom is -0.377 e. The van der Waals surface area contributed by atoms with E-state index in [4.69, 9.17) is 4.74 Å². The molecule has 4 heterocycles. The number of hydrogen-bond acceptors (Lipinski definition) is 5. The van der Waals surface area contributed by atoms with E-state index in [1.54, 1.807) is 0 Å². The Bertz CT molecular complexity index is 609. The summed E-state index contributed by atoms with van der Waals surface area (Å²) in [5, 5.41) is 7.05. The highest BCUT2D eigenvalue weighted by Gasteiger charge is 2.40. The van der Waals surface area contributed by atoms with Gasteiger partial charge < -0.3 is 25.2 Å². The molecule has 1 aliphatic carbocycles. The van der Waals surface area contributed by atoms with Gasteiger partial charge in [-0.2, -0.15) is 0 Å². The van der Waals surface area contributed by atoms with Crippen LogP contribution in [-0.2, 0) is 14.3 Å². The predicted molar refractivity (Wildman–Crippen MR) is 109 cm³/mol. The third kappa shape index (κ3) is 4.06. The number of carbonyl (C=O) groups is 2. The first-order valence-electron chi connectivity index (χ1n) is 11.9. The fourth-order valence-electron chi connectivity index (χ4n) is 6.09. The number of nitrogens with zero attached hydrogens (tertiary/aromatic N) is 2. The maximum absolute atomic E-state index is 13.0. The second kappa shape index (κ2) is 8.52. The van der Waals surface area contributed by atoms with E-state index in [0.717, 1.165) is 51.7 Å². The van der Waals surface area contributed by atoms with Gasteiger partial charge in [0.2, 0.25) is 11.8 Å². The van der Waals surface area contributed by atoms with Crippen molar-refractivity contribution < 1.29 is 14.3 Å². The summed E-state index contributed by atoms with van der Waals surface area (Å²) in [6, 6.07) is 1.19. The van der Waals surface area contributed by atoms with Crippen molar-refractivity contribution in [2.75, 3.05) is 39.3 Å². The molecule has 2 amide bonds. The average Bonchev–Trinajstić information content (AvgIpc) is 3.20. The highest BCUT2D eigenvalue weighted by Crippen LogP contribution is 2.36. The Morgan fingerprint density at radius 3 is 2.10 bits per heavy atom. The molecule has 1 saturated carbocycles. The lowest BCUT2D eigenvalue weighted by Gasteiger charge is -2.42. The van der Waals surface area contributed by atoms with Gasteiger partial charge in [-0.1, -0.05) is 0 Å². The summed E-state index contributed by atoms with van der Waals surface area (Å²) in [7, 11) is 0. The van der Waals surface area contributed by atoms with Gasteiger partial charge >= 0.3 is 0 Å². The highest BCUT2D eigenvalue weighted by molar-refractivity contribution is 5.83. The van der Waals surface area contributed by atoms with Gasteiger partial charge in [0, 0.05) is 50.8 Å². The van der Waals surface area contributed by atoms with Crippen molar-refractivity contribution in [2.45, 2.75) is 75.6 Å². The van der Waals surface area contributed by atoms with Crippen LogP contribution in [0.25, 0.3) is 0 Å². The summed E-state index contributed by atoms with van der Waals surface area (Å²) in [5.74, 6) is 1.45. The van der Waals surface area contributed by atoms with Crippen LogP contribution in [0, 0.1) is 11.8 Å². The van der Waals surface area contributed by atoms with Crippen molar-refractivity contribution in [3.63, 3.8) is 0 Å². The second-order valence-electron chi connectivity index (χ2n) is 9.71. The van der Waals surface area contributed by atoms with Gasteiger partial charge in [0.1, 0.15) is 0 Å². The van der Waals surface area contributed by atoms with Crippen molar-refractivity contribution >= 4 is 11.8 Å². The van der Waals surface area contributed by atoms with Gasteiger partial charge in [-0.05, 0) is 63.8 Å². The van der Waals surface area contributed by atoms with Crippen LogP contribution in [0.5, 0.6) is 0 Å². The lowest BCUT2D eigenvalue weighted by molar-refractivity contribution is -0.144. The largest absolute Gasteiger partial charge is 0.377 e. The van der Waals surface area contributed by atoms with Gasteiger partial charge in [0.05, 0.1) is 12.1 Å². The first-order valence-corrected chi connectivity index (χ1v) is 11.9. The molecule has 29 heavy (non-hydrogen) atoms. The maximum atomic E-state index is 13.0. The van der Waals surface area contributed by atoms with Gasteiger partial charge in [-0.3, -0.25) is 9.59 Å². The second-order valence-corrected chi connectivity index (χ2v) is 9.71. The van der Waals surface area contributed by atoms with E-state index in [0.29, 0.717) is 56.2 Å². The van der Waals surface area contributed by atoms with Crippen LogP contribution < -0.4 is 10.6 Å². The van der Waals surface area contributed by atoms with Crippen molar-refractivity contribution in [3.8, 4) is 0 Å². The van der Waals surface area contributed by atoms with E-state index in [1.165, 1.54) is 12.8 Å². The fourth-order valence-corrected chi connectivity index (χ4v) is 6.09. The number of piperidine rings is 1. The molecule has 2 N–H and O–H groups in total. The smallest absolute Gasteiger partial charge is 0.239 e. The quantitative estimate of drug-likeness (QED) is 0.726. The molecular formula is C22H36N4O3. The van der Waals surface area contributed by atoms with Gasteiger partial charge in [0.25, 0.3) is 0 Å². The molecule has 7 nitrogen and oxygen atoms in total. The molecule has 162 valence electrons.